The minimum Gasteiger partial charge on any atom is -0.370 e. The van der Waals surface area contributed by atoms with Crippen molar-refractivity contribution >= 4 is 0 Å². The van der Waals surface area contributed by atoms with E-state index in [0.29, 0.717) is 12.7 Å². The summed E-state index contributed by atoms with van der Waals surface area (Å²) in [7, 11) is 0. The number of rotatable bonds is 7. The van der Waals surface area contributed by atoms with Crippen molar-refractivity contribution in [2.75, 3.05) is 65.7 Å². The first kappa shape index (κ1) is 16.9. The van der Waals surface area contributed by atoms with Gasteiger partial charge in [0.1, 0.15) is 39.3 Å². The third kappa shape index (κ3) is 5.86. The fourth-order valence-electron chi connectivity index (χ4n) is 3.35. The van der Waals surface area contributed by atoms with Crippen LogP contribution in [0.1, 0.15) is 5.56 Å². The number of quaternary nitrogens is 2. The summed E-state index contributed by atoms with van der Waals surface area (Å²) in [4.78, 5) is 3.23. The lowest BCUT2D eigenvalue weighted by Crippen LogP contribution is -3.18. The van der Waals surface area contributed by atoms with Crippen LogP contribution in [0.2, 0.25) is 0 Å². The second kappa shape index (κ2) is 9.35. The lowest BCUT2D eigenvalue weighted by atomic mass is 10.2. The molecule has 2 aliphatic rings. The first-order valence-corrected chi connectivity index (χ1v) is 8.88. The second-order valence-corrected chi connectivity index (χ2v) is 6.55. The molecule has 0 amide bonds. The van der Waals surface area contributed by atoms with Crippen LogP contribution in [0.3, 0.4) is 0 Å². The molecule has 1 aromatic rings. The summed E-state index contributed by atoms with van der Waals surface area (Å²) in [5, 5.41) is 0. The third-order valence-electron chi connectivity index (χ3n) is 4.76. The molecule has 1 aromatic carbocycles. The molecule has 2 aliphatic heterocycles. The summed E-state index contributed by atoms with van der Waals surface area (Å²) in [6, 6.07) is 10.5. The van der Waals surface area contributed by atoms with Crippen LogP contribution in [0.25, 0.3) is 0 Å². The summed E-state index contributed by atoms with van der Waals surface area (Å²) < 4.78 is 17.3. The van der Waals surface area contributed by atoms with Crippen LogP contribution in [0, 0.1) is 0 Å². The molecule has 2 heterocycles. The molecule has 2 fully saturated rings. The van der Waals surface area contributed by atoms with E-state index in [1.165, 1.54) is 5.56 Å². The Bertz CT molecular complexity index is 411. The SMILES string of the molecule is c1ccc(COC(C[NH+]2CCOCC2)C[NH+]2CCOCC2)cc1. The van der Waals surface area contributed by atoms with Crippen LogP contribution in [0.15, 0.2) is 30.3 Å². The van der Waals surface area contributed by atoms with E-state index in [-0.39, 0.29) is 0 Å². The van der Waals surface area contributed by atoms with Gasteiger partial charge in [-0.15, -0.1) is 0 Å². The molecule has 0 aliphatic carbocycles. The zero-order valence-corrected chi connectivity index (χ0v) is 14.0. The van der Waals surface area contributed by atoms with Crippen molar-refractivity contribution in [2.45, 2.75) is 12.7 Å². The number of hydrogen-bond donors (Lipinski definition) is 2. The average Bonchev–Trinajstić information content (AvgIpc) is 2.62. The standard InChI is InChI=1S/C18H28N2O3/c1-2-4-17(5-3-1)16-23-18(14-19-6-10-21-11-7-19)15-20-8-12-22-13-9-20/h1-5,18H,6-16H2/p+2. The third-order valence-corrected chi connectivity index (χ3v) is 4.76. The molecule has 0 bridgehead atoms. The number of nitrogens with one attached hydrogen (secondary N) is 2. The van der Waals surface area contributed by atoms with E-state index in [1.807, 2.05) is 0 Å². The van der Waals surface area contributed by atoms with Crippen LogP contribution >= 0.6 is 0 Å². The first-order valence-electron chi connectivity index (χ1n) is 8.88. The quantitative estimate of drug-likeness (QED) is 0.635. The Morgan fingerprint density at radius 1 is 0.826 bits per heavy atom. The normalized spacial score (nSPS) is 20.9. The molecule has 0 unspecified atom stereocenters. The first-order chi connectivity index (χ1) is 11.4. The van der Waals surface area contributed by atoms with Crippen molar-refractivity contribution < 1.29 is 24.0 Å². The van der Waals surface area contributed by atoms with Crippen molar-refractivity contribution in [3.05, 3.63) is 35.9 Å². The maximum absolute atomic E-state index is 6.31. The van der Waals surface area contributed by atoms with Crippen LogP contribution in [0.5, 0.6) is 0 Å². The molecule has 5 nitrogen and oxygen atoms in total. The van der Waals surface area contributed by atoms with Crippen molar-refractivity contribution in [3.8, 4) is 0 Å². The molecule has 2 N–H and O–H groups in total. The minimum atomic E-state index is 0.302. The summed E-state index contributed by atoms with van der Waals surface area (Å²) in [5.41, 5.74) is 1.26. The number of hydrogen-bond acceptors (Lipinski definition) is 3. The van der Waals surface area contributed by atoms with E-state index in [0.717, 1.165) is 65.7 Å². The Balaban J connectivity index is 1.52. The van der Waals surface area contributed by atoms with E-state index in [4.69, 9.17) is 14.2 Å². The Kier molecular flexibility index (Phi) is 6.85. The predicted octanol–water partition coefficient (Wildman–Crippen LogP) is -1.60. The summed E-state index contributed by atoms with van der Waals surface area (Å²) >= 11 is 0. The Morgan fingerprint density at radius 2 is 1.35 bits per heavy atom. The summed E-state index contributed by atoms with van der Waals surface area (Å²) in [6.45, 7) is 10.8. The van der Waals surface area contributed by atoms with Gasteiger partial charge >= 0.3 is 0 Å². The molecule has 23 heavy (non-hydrogen) atoms. The van der Waals surface area contributed by atoms with Gasteiger partial charge in [0.25, 0.3) is 0 Å². The second-order valence-electron chi connectivity index (χ2n) is 6.55. The maximum atomic E-state index is 6.31. The van der Waals surface area contributed by atoms with E-state index >= 15 is 0 Å². The number of ether oxygens (including phenoxy) is 3. The van der Waals surface area contributed by atoms with Gasteiger partial charge in [0.15, 0.2) is 6.10 Å². The van der Waals surface area contributed by atoms with Gasteiger partial charge in [-0.1, -0.05) is 30.3 Å². The lowest BCUT2D eigenvalue weighted by Gasteiger charge is -2.31. The molecule has 2 saturated heterocycles. The molecule has 3 rings (SSSR count). The van der Waals surface area contributed by atoms with Crippen molar-refractivity contribution in [1.82, 2.24) is 0 Å². The highest BCUT2D eigenvalue weighted by atomic mass is 16.5. The average molecular weight is 322 g/mol. The van der Waals surface area contributed by atoms with Crippen molar-refractivity contribution in [3.63, 3.8) is 0 Å². The molecule has 0 spiro atoms. The molecule has 128 valence electrons. The molecular formula is C18H30N2O3+2. The highest BCUT2D eigenvalue weighted by Crippen LogP contribution is 2.02. The summed E-state index contributed by atoms with van der Waals surface area (Å²) in [6.07, 6.45) is 0.302. The van der Waals surface area contributed by atoms with Crippen LogP contribution in [-0.4, -0.2) is 71.8 Å². The number of benzene rings is 1. The zero-order valence-electron chi connectivity index (χ0n) is 14.0. The molecule has 5 heteroatoms. The minimum absolute atomic E-state index is 0.302. The highest BCUT2D eigenvalue weighted by Gasteiger charge is 2.26. The van der Waals surface area contributed by atoms with E-state index < -0.39 is 0 Å². The summed E-state index contributed by atoms with van der Waals surface area (Å²) in [5.74, 6) is 0. The number of morpholine rings is 2. The topological polar surface area (TPSA) is 36.6 Å². The molecular weight excluding hydrogens is 292 g/mol. The van der Waals surface area contributed by atoms with E-state index in [2.05, 4.69) is 30.3 Å². The van der Waals surface area contributed by atoms with Gasteiger partial charge in [-0.05, 0) is 5.56 Å². The predicted molar refractivity (Wildman–Crippen MR) is 87.8 cm³/mol. The highest BCUT2D eigenvalue weighted by molar-refractivity contribution is 5.13. The van der Waals surface area contributed by atoms with Crippen molar-refractivity contribution in [1.29, 1.82) is 0 Å². The maximum Gasteiger partial charge on any atom is 0.155 e. The Morgan fingerprint density at radius 3 is 1.87 bits per heavy atom. The van der Waals surface area contributed by atoms with Crippen LogP contribution in [0.4, 0.5) is 0 Å². The van der Waals surface area contributed by atoms with E-state index in [9.17, 15) is 0 Å². The fourth-order valence-corrected chi connectivity index (χ4v) is 3.35. The van der Waals surface area contributed by atoms with E-state index in [1.54, 1.807) is 9.80 Å². The van der Waals surface area contributed by atoms with Gasteiger partial charge < -0.3 is 24.0 Å². The molecule has 0 saturated carbocycles. The van der Waals surface area contributed by atoms with Gasteiger partial charge in [-0.3, -0.25) is 0 Å². The smallest absolute Gasteiger partial charge is 0.155 e. The van der Waals surface area contributed by atoms with Gasteiger partial charge in [0, 0.05) is 0 Å². The monoisotopic (exact) mass is 322 g/mol. The van der Waals surface area contributed by atoms with Gasteiger partial charge in [0.2, 0.25) is 0 Å². The molecule has 0 aromatic heterocycles. The van der Waals surface area contributed by atoms with Crippen molar-refractivity contribution in [2.24, 2.45) is 0 Å². The van der Waals surface area contributed by atoms with Gasteiger partial charge in [-0.2, -0.15) is 0 Å². The fraction of sp³-hybridized carbons (Fsp3) is 0.667. The van der Waals surface area contributed by atoms with Crippen LogP contribution < -0.4 is 9.80 Å². The zero-order chi connectivity index (χ0) is 15.7. The Labute approximate surface area is 139 Å². The lowest BCUT2D eigenvalue weighted by molar-refractivity contribution is -0.932. The van der Waals surface area contributed by atoms with Gasteiger partial charge in [-0.25, -0.2) is 0 Å². The molecule has 0 radical (unpaired) electrons. The largest absolute Gasteiger partial charge is 0.370 e. The molecule has 0 atom stereocenters. The Hall–Kier alpha value is -0.980. The van der Waals surface area contributed by atoms with Crippen LogP contribution in [-0.2, 0) is 20.8 Å². The van der Waals surface area contributed by atoms with Gasteiger partial charge in [0.05, 0.1) is 33.0 Å².